The number of hydrogen-bond donors (Lipinski definition) is 1. The average molecular weight is 353 g/mol. The smallest absolute Gasteiger partial charge is 0.496 e. The number of amides is 1. The number of halogens is 3. The van der Waals surface area contributed by atoms with E-state index >= 15 is 0 Å². The quantitative estimate of drug-likeness (QED) is 0.857. The SMILES string of the molecule is COc1ccc(C)cc1CCNC(=O)c1ccc(OC(F)(F)F)cc1. The summed E-state index contributed by atoms with van der Waals surface area (Å²) in [4.78, 5) is 12.0. The van der Waals surface area contributed by atoms with E-state index in [1.165, 1.54) is 12.1 Å². The number of aryl methyl sites for hydroxylation is 1. The maximum Gasteiger partial charge on any atom is 0.573 e. The van der Waals surface area contributed by atoms with Gasteiger partial charge < -0.3 is 14.8 Å². The molecule has 4 nitrogen and oxygen atoms in total. The van der Waals surface area contributed by atoms with Crippen molar-refractivity contribution in [3.8, 4) is 11.5 Å². The Morgan fingerprint density at radius 1 is 1.12 bits per heavy atom. The highest BCUT2D eigenvalue weighted by Crippen LogP contribution is 2.23. The van der Waals surface area contributed by atoms with E-state index in [-0.39, 0.29) is 17.2 Å². The van der Waals surface area contributed by atoms with E-state index in [4.69, 9.17) is 4.74 Å². The average Bonchev–Trinajstić information content (AvgIpc) is 2.54. The zero-order chi connectivity index (χ0) is 18.4. The Balaban J connectivity index is 1.91. The largest absolute Gasteiger partial charge is 0.573 e. The van der Waals surface area contributed by atoms with E-state index < -0.39 is 6.36 Å². The molecular formula is C18H18F3NO3. The Labute approximate surface area is 143 Å². The standard InChI is InChI=1S/C18H18F3NO3/c1-12-3-8-16(24-2)14(11-12)9-10-22-17(23)13-4-6-15(7-5-13)25-18(19,20)21/h3-8,11H,9-10H2,1-2H3,(H,22,23). The molecule has 2 rings (SSSR count). The first kappa shape index (κ1) is 18.6. The molecular weight excluding hydrogens is 335 g/mol. The highest BCUT2D eigenvalue weighted by Gasteiger charge is 2.31. The molecule has 0 spiro atoms. The van der Waals surface area contributed by atoms with Gasteiger partial charge >= 0.3 is 6.36 Å². The van der Waals surface area contributed by atoms with Gasteiger partial charge in [0, 0.05) is 12.1 Å². The van der Waals surface area contributed by atoms with E-state index in [9.17, 15) is 18.0 Å². The van der Waals surface area contributed by atoms with Gasteiger partial charge in [0.25, 0.3) is 5.91 Å². The van der Waals surface area contributed by atoms with Gasteiger partial charge in [-0.1, -0.05) is 17.7 Å². The predicted molar refractivity (Wildman–Crippen MR) is 86.9 cm³/mol. The lowest BCUT2D eigenvalue weighted by molar-refractivity contribution is -0.274. The molecule has 0 saturated heterocycles. The Bertz CT molecular complexity index is 727. The molecule has 1 amide bonds. The molecule has 0 saturated carbocycles. The number of hydrogen-bond acceptors (Lipinski definition) is 3. The molecule has 0 aliphatic carbocycles. The van der Waals surface area contributed by atoms with Gasteiger partial charge in [-0.2, -0.15) is 0 Å². The Hall–Kier alpha value is -2.70. The second-order valence-electron chi connectivity index (χ2n) is 5.39. The van der Waals surface area contributed by atoms with E-state index in [0.29, 0.717) is 13.0 Å². The molecule has 0 radical (unpaired) electrons. The minimum Gasteiger partial charge on any atom is -0.496 e. The van der Waals surface area contributed by atoms with Gasteiger partial charge in [0.15, 0.2) is 0 Å². The molecule has 0 fully saturated rings. The topological polar surface area (TPSA) is 47.6 Å². The lowest BCUT2D eigenvalue weighted by atomic mass is 10.1. The van der Waals surface area contributed by atoms with Gasteiger partial charge in [0.1, 0.15) is 11.5 Å². The molecule has 25 heavy (non-hydrogen) atoms. The zero-order valence-electron chi connectivity index (χ0n) is 13.8. The van der Waals surface area contributed by atoms with Crippen molar-refractivity contribution < 1.29 is 27.4 Å². The molecule has 0 aliphatic rings. The highest BCUT2D eigenvalue weighted by atomic mass is 19.4. The summed E-state index contributed by atoms with van der Waals surface area (Å²) in [5.41, 5.74) is 2.31. The third-order valence-electron chi connectivity index (χ3n) is 3.47. The molecule has 134 valence electrons. The van der Waals surface area contributed by atoms with Crippen LogP contribution in [0, 0.1) is 6.92 Å². The van der Waals surface area contributed by atoms with Crippen LogP contribution in [0.15, 0.2) is 42.5 Å². The monoisotopic (exact) mass is 353 g/mol. The van der Waals surface area contributed by atoms with Gasteiger partial charge in [0.05, 0.1) is 7.11 Å². The summed E-state index contributed by atoms with van der Waals surface area (Å²) in [5.74, 6) is 0.00669. The number of ether oxygens (including phenoxy) is 2. The Morgan fingerprint density at radius 2 is 1.80 bits per heavy atom. The summed E-state index contributed by atoms with van der Waals surface area (Å²) in [6.07, 6.45) is -4.18. The van der Waals surface area contributed by atoms with Crippen molar-refractivity contribution in [1.29, 1.82) is 0 Å². The lowest BCUT2D eigenvalue weighted by Gasteiger charge is -2.11. The number of methoxy groups -OCH3 is 1. The number of rotatable bonds is 6. The van der Waals surface area contributed by atoms with Crippen LogP contribution in [0.5, 0.6) is 11.5 Å². The zero-order valence-corrected chi connectivity index (χ0v) is 13.8. The molecule has 0 aromatic heterocycles. The van der Waals surface area contributed by atoms with E-state index in [2.05, 4.69) is 10.1 Å². The fourth-order valence-corrected chi connectivity index (χ4v) is 2.32. The first-order chi connectivity index (χ1) is 11.8. The minimum absolute atomic E-state index is 0.255. The van der Waals surface area contributed by atoms with Gasteiger partial charge in [-0.3, -0.25) is 4.79 Å². The lowest BCUT2D eigenvalue weighted by Crippen LogP contribution is -2.25. The number of benzene rings is 2. The van der Waals surface area contributed by atoms with Crippen LogP contribution in [0.2, 0.25) is 0 Å². The van der Waals surface area contributed by atoms with Gasteiger partial charge in [-0.05, 0) is 49.2 Å². The van der Waals surface area contributed by atoms with Crippen molar-refractivity contribution in [1.82, 2.24) is 5.32 Å². The van der Waals surface area contributed by atoms with Crippen molar-refractivity contribution in [2.45, 2.75) is 19.7 Å². The summed E-state index contributed by atoms with van der Waals surface area (Å²) in [6.45, 7) is 2.34. The molecule has 2 aromatic rings. The molecule has 2 aromatic carbocycles. The Morgan fingerprint density at radius 3 is 2.40 bits per heavy atom. The predicted octanol–water partition coefficient (Wildman–Crippen LogP) is 3.87. The summed E-state index contributed by atoms with van der Waals surface area (Å²) in [6, 6.07) is 10.6. The van der Waals surface area contributed by atoms with E-state index in [1.54, 1.807) is 7.11 Å². The molecule has 0 unspecified atom stereocenters. The van der Waals surface area contributed by atoms with Crippen LogP contribution in [0.1, 0.15) is 21.5 Å². The number of carbonyl (C=O) groups is 1. The number of alkyl halides is 3. The molecule has 0 aliphatic heterocycles. The van der Waals surface area contributed by atoms with Crippen molar-refractivity contribution in [2.24, 2.45) is 0 Å². The van der Waals surface area contributed by atoms with Crippen molar-refractivity contribution in [3.63, 3.8) is 0 Å². The van der Waals surface area contributed by atoms with Crippen LogP contribution in [-0.4, -0.2) is 25.9 Å². The van der Waals surface area contributed by atoms with Crippen LogP contribution < -0.4 is 14.8 Å². The van der Waals surface area contributed by atoms with E-state index in [1.807, 2.05) is 25.1 Å². The fraction of sp³-hybridized carbons (Fsp3) is 0.278. The molecule has 0 atom stereocenters. The van der Waals surface area contributed by atoms with Crippen molar-refractivity contribution in [3.05, 3.63) is 59.2 Å². The maximum absolute atomic E-state index is 12.1. The second kappa shape index (κ2) is 7.92. The molecule has 0 heterocycles. The maximum atomic E-state index is 12.1. The molecule has 7 heteroatoms. The minimum atomic E-state index is -4.75. The number of nitrogens with one attached hydrogen (secondary N) is 1. The first-order valence-electron chi connectivity index (χ1n) is 7.56. The van der Waals surface area contributed by atoms with E-state index in [0.717, 1.165) is 29.0 Å². The fourth-order valence-electron chi connectivity index (χ4n) is 2.32. The normalized spacial score (nSPS) is 11.1. The van der Waals surface area contributed by atoms with Crippen molar-refractivity contribution >= 4 is 5.91 Å². The molecule has 0 bridgehead atoms. The summed E-state index contributed by atoms with van der Waals surface area (Å²) in [5, 5.41) is 2.73. The third-order valence-corrected chi connectivity index (χ3v) is 3.47. The van der Waals surface area contributed by atoms with Gasteiger partial charge in [-0.25, -0.2) is 0 Å². The van der Waals surface area contributed by atoms with Crippen LogP contribution in [0.25, 0.3) is 0 Å². The van der Waals surface area contributed by atoms with Gasteiger partial charge in [0.2, 0.25) is 0 Å². The van der Waals surface area contributed by atoms with Crippen LogP contribution in [0.3, 0.4) is 0 Å². The van der Waals surface area contributed by atoms with Crippen molar-refractivity contribution in [2.75, 3.05) is 13.7 Å². The summed E-state index contributed by atoms with van der Waals surface area (Å²) < 4.78 is 45.4. The molecule has 1 N–H and O–H groups in total. The third kappa shape index (κ3) is 5.70. The highest BCUT2D eigenvalue weighted by molar-refractivity contribution is 5.94. The van der Waals surface area contributed by atoms with Gasteiger partial charge in [-0.15, -0.1) is 13.2 Å². The second-order valence-corrected chi connectivity index (χ2v) is 5.39. The Kier molecular flexibility index (Phi) is 5.90. The van der Waals surface area contributed by atoms with Crippen LogP contribution in [-0.2, 0) is 6.42 Å². The first-order valence-corrected chi connectivity index (χ1v) is 7.56. The van der Waals surface area contributed by atoms with Crippen LogP contribution in [0.4, 0.5) is 13.2 Å². The van der Waals surface area contributed by atoms with Crippen LogP contribution >= 0.6 is 0 Å². The summed E-state index contributed by atoms with van der Waals surface area (Å²) in [7, 11) is 1.58. The summed E-state index contributed by atoms with van der Waals surface area (Å²) >= 11 is 0. The number of carbonyl (C=O) groups excluding carboxylic acids is 1.